The molecule has 0 bridgehead atoms. The highest BCUT2D eigenvalue weighted by Gasteiger charge is 2.14. The van der Waals surface area contributed by atoms with Gasteiger partial charge < -0.3 is 5.32 Å². The van der Waals surface area contributed by atoms with Crippen molar-refractivity contribution in [2.45, 2.75) is 65.3 Å². The Morgan fingerprint density at radius 3 is 2.08 bits per heavy atom. The van der Waals surface area contributed by atoms with Gasteiger partial charge in [0.15, 0.2) is 0 Å². The average molecular weight is 171 g/mol. The van der Waals surface area contributed by atoms with Gasteiger partial charge in [-0.25, -0.2) is 0 Å². The second kappa shape index (κ2) is 6.47. The third kappa shape index (κ3) is 6.66. The lowest BCUT2D eigenvalue weighted by atomic mass is 9.97. The van der Waals surface area contributed by atoms with E-state index in [1.807, 2.05) is 0 Å². The Labute approximate surface area is 77.9 Å². The summed E-state index contributed by atoms with van der Waals surface area (Å²) in [5.41, 5.74) is 0.352. The van der Waals surface area contributed by atoms with Crippen LogP contribution in [0.4, 0.5) is 0 Å². The van der Waals surface area contributed by atoms with E-state index >= 15 is 0 Å². The molecule has 1 nitrogen and oxygen atoms in total. The first kappa shape index (κ1) is 12.0. The number of hydrogen-bond donors (Lipinski definition) is 1. The maximum absolute atomic E-state index is 3.59. The highest BCUT2D eigenvalue weighted by molar-refractivity contribution is 4.76. The molecule has 0 heterocycles. The molecular weight excluding hydrogens is 146 g/mol. The lowest BCUT2D eigenvalue weighted by Gasteiger charge is -2.26. The lowest BCUT2D eigenvalue weighted by Crippen LogP contribution is -2.39. The van der Waals surface area contributed by atoms with Crippen LogP contribution in [0.25, 0.3) is 0 Å². The van der Waals surface area contributed by atoms with Crippen LogP contribution >= 0.6 is 0 Å². The fourth-order valence-electron chi connectivity index (χ4n) is 1.31. The van der Waals surface area contributed by atoms with Crippen molar-refractivity contribution in [2.24, 2.45) is 0 Å². The van der Waals surface area contributed by atoms with Gasteiger partial charge in [-0.1, -0.05) is 33.1 Å². The quantitative estimate of drug-likeness (QED) is 0.579. The first-order valence-corrected chi connectivity index (χ1v) is 5.37. The van der Waals surface area contributed by atoms with Crippen molar-refractivity contribution in [1.82, 2.24) is 5.32 Å². The minimum atomic E-state index is 0.352. The summed E-state index contributed by atoms with van der Waals surface area (Å²) < 4.78 is 0. The smallest absolute Gasteiger partial charge is 0.0125 e. The largest absolute Gasteiger partial charge is 0.312 e. The third-order valence-corrected chi connectivity index (χ3v) is 2.29. The zero-order valence-corrected chi connectivity index (χ0v) is 9.24. The zero-order chi connectivity index (χ0) is 9.45. The van der Waals surface area contributed by atoms with Gasteiger partial charge in [0.1, 0.15) is 0 Å². The molecule has 0 aliphatic rings. The van der Waals surface area contributed by atoms with Crippen molar-refractivity contribution < 1.29 is 0 Å². The Kier molecular flexibility index (Phi) is 6.45. The van der Waals surface area contributed by atoms with Gasteiger partial charge in [0.25, 0.3) is 0 Å². The second-order valence-electron chi connectivity index (χ2n) is 4.27. The van der Waals surface area contributed by atoms with E-state index < -0.39 is 0 Å². The topological polar surface area (TPSA) is 12.0 Å². The van der Waals surface area contributed by atoms with E-state index in [1.54, 1.807) is 0 Å². The monoisotopic (exact) mass is 171 g/mol. The molecule has 0 fully saturated rings. The molecule has 0 aliphatic heterocycles. The van der Waals surface area contributed by atoms with Gasteiger partial charge in [-0.2, -0.15) is 0 Å². The Bertz CT molecular complexity index is 97.2. The van der Waals surface area contributed by atoms with E-state index in [2.05, 4.69) is 33.0 Å². The van der Waals surface area contributed by atoms with E-state index in [0.29, 0.717) is 5.54 Å². The van der Waals surface area contributed by atoms with Gasteiger partial charge in [0, 0.05) is 5.54 Å². The predicted octanol–water partition coefficient (Wildman–Crippen LogP) is 3.34. The molecule has 0 aromatic heterocycles. The van der Waals surface area contributed by atoms with Crippen molar-refractivity contribution in [1.29, 1.82) is 0 Å². The molecule has 0 spiro atoms. The summed E-state index contributed by atoms with van der Waals surface area (Å²) in [5, 5.41) is 3.59. The molecule has 0 aromatic rings. The summed E-state index contributed by atoms with van der Waals surface area (Å²) in [4.78, 5) is 0. The van der Waals surface area contributed by atoms with Gasteiger partial charge in [0.2, 0.25) is 0 Å². The predicted molar refractivity (Wildman–Crippen MR) is 56.5 cm³/mol. The van der Waals surface area contributed by atoms with Crippen molar-refractivity contribution in [2.75, 3.05) is 6.54 Å². The summed E-state index contributed by atoms with van der Waals surface area (Å²) in [6, 6.07) is 0. The maximum atomic E-state index is 3.59. The Morgan fingerprint density at radius 2 is 1.58 bits per heavy atom. The van der Waals surface area contributed by atoms with Crippen molar-refractivity contribution in [3.05, 3.63) is 0 Å². The van der Waals surface area contributed by atoms with Gasteiger partial charge >= 0.3 is 0 Å². The first-order valence-electron chi connectivity index (χ1n) is 5.37. The van der Waals surface area contributed by atoms with E-state index in [1.165, 1.54) is 38.6 Å². The molecule has 0 aliphatic carbocycles. The fourth-order valence-corrected chi connectivity index (χ4v) is 1.31. The van der Waals surface area contributed by atoms with Crippen LogP contribution in [0.3, 0.4) is 0 Å². The van der Waals surface area contributed by atoms with Crippen LogP contribution in [0, 0.1) is 0 Å². The number of nitrogens with one attached hydrogen (secondary N) is 1. The Balaban J connectivity index is 3.42. The normalized spacial score (nSPS) is 12.0. The minimum Gasteiger partial charge on any atom is -0.312 e. The third-order valence-electron chi connectivity index (χ3n) is 2.29. The van der Waals surface area contributed by atoms with Crippen LogP contribution in [0.1, 0.15) is 59.8 Å². The minimum absolute atomic E-state index is 0.352. The summed E-state index contributed by atoms with van der Waals surface area (Å²) in [5.74, 6) is 0. The summed E-state index contributed by atoms with van der Waals surface area (Å²) in [7, 11) is 0. The van der Waals surface area contributed by atoms with Crippen LogP contribution in [-0.4, -0.2) is 12.1 Å². The molecule has 0 radical (unpaired) electrons. The van der Waals surface area contributed by atoms with E-state index in [4.69, 9.17) is 0 Å². The van der Waals surface area contributed by atoms with Crippen LogP contribution < -0.4 is 5.32 Å². The van der Waals surface area contributed by atoms with Gasteiger partial charge in [-0.3, -0.25) is 0 Å². The highest BCUT2D eigenvalue weighted by Crippen LogP contribution is 2.12. The van der Waals surface area contributed by atoms with Crippen molar-refractivity contribution in [3.63, 3.8) is 0 Å². The van der Waals surface area contributed by atoms with E-state index in [9.17, 15) is 0 Å². The fraction of sp³-hybridized carbons (Fsp3) is 1.00. The van der Waals surface area contributed by atoms with Gasteiger partial charge in [-0.05, 0) is 33.2 Å². The number of unbranched alkanes of at least 4 members (excludes halogenated alkanes) is 2. The maximum Gasteiger partial charge on any atom is 0.0125 e. The van der Waals surface area contributed by atoms with Crippen LogP contribution in [0.2, 0.25) is 0 Å². The molecule has 0 rings (SSSR count). The van der Waals surface area contributed by atoms with Crippen LogP contribution in [0.5, 0.6) is 0 Å². The standard InChI is InChI=1S/C11H25N/c1-5-7-9-11(3,4)12-10-8-6-2/h12H,5-10H2,1-4H3. The van der Waals surface area contributed by atoms with Crippen LogP contribution in [-0.2, 0) is 0 Å². The summed E-state index contributed by atoms with van der Waals surface area (Å²) in [6.07, 6.45) is 6.53. The van der Waals surface area contributed by atoms with E-state index in [0.717, 1.165) is 0 Å². The molecule has 0 atom stereocenters. The average Bonchev–Trinajstić information content (AvgIpc) is 2.01. The van der Waals surface area contributed by atoms with Crippen molar-refractivity contribution >= 4 is 0 Å². The molecule has 0 unspecified atom stereocenters. The molecule has 0 aromatic carbocycles. The van der Waals surface area contributed by atoms with Gasteiger partial charge in [-0.15, -0.1) is 0 Å². The highest BCUT2D eigenvalue weighted by atomic mass is 14.9. The molecule has 12 heavy (non-hydrogen) atoms. The molecule has 1 N–H and O–H groups in total. The number of rotatable bonds is 7. The number of hydrogen-bond acceptors (Lipinski definition) is 1. The lowest BCUT2D eigenvalue weighted by molar-refractivity contribution is 0.350. The Hall–Kier alpha value is -0.0400. The van der Waals surface area contributed by atoms with Crippen LogP contribution in [0.15, 0.2) is 0 Å². The second-order valence-corrected chi connectivity index (χ2v) is 4.27. The molecule has 0 amide bonds. The van der Waals surface area contributed by atoms with Crippen molar-refractivity contribution in [3.8, 4) is 0 Å². The zero-order valence-electron chi connectivity index (χ0n) is 9.24. The van der Waals surface area contributed by atoms with E-state index in [-0.39, 0.29) is 0 Å². The first-order chi connectivity index (χ1) is 5.62. The Morgan fingerprint density at radius 1 is 1.00 bits per heavy atom. The molecule has 74 valence electrons. The SMILES string of the molecule is CCCCNC(C)(C)CCCC. The molecule has 1 heteroatoms. The summed E-state index contributed by atoms with van der Waals surface area (Å²) in [6.45, 7) is 10.3. The molecular formula is C11H25N. The molecule has 0 saturated carbocycles. The molecule has 0 saturated heterocycles. The summed E-state index contributed by atoms with van der Waals surface area (Å²) >= 11 is 0. The van der Waals surface area contributed by atoms with Gasteiger partial charge in [0.05, 0.1) is 0 Å².